The van der Waals surface area contributed by atoms with Crippen LogP contribution in [0.3, 0.4) is 0 Å². The van der Waals surface area contributed by atoms with Gasteiger partial charge in [0.15, 0.2) is 0 Å². The van der Waals surface area contributed by atoms with Gasteiger partial charge in [0.1, 0.15) is 5.75 Å². The molecule has 0 amide bonds. The molecule has 0 radical (unpaired) electrons. The topological polar surface area (TPSA) is 75.6 Å². The van der Waals surface area contributed by atoms with Crippen LogP contribution in [0.25, 0.3) is 0 Å². The Morgan fingerprint density at radius 2 is 2.16 bits per heavy atom. The van der Waals surface area contributed by atoms with Gasteiger partial charge in [0.05, 0.1) is 19.0 Å². The summed E-state index contributed by atoms with van der Waals surface area (Å²) in [5, 5.41) is 9.27. The van der Waals surface area contributed by atoms with Crippen molar-refractivity contribution in [2.24, 2.45) is 5.92 Å². The Morgan fingerprint density at radius 3 is 2.74 bits per heavy atom. The molecule has 2 rings (SSSR count). The Labute approximate surface area is 113 Å². The SMILES string of the molecule is CCOc1ccc(NS(=O)(=O)CC2CC2)cc1CO. The standard InChI is InChI=1S/C13H19NO4S/c1-2-18-13-6-5-12(7-11(13)8-15)14-19(16,17)9-10-3-4-10/h5-7,10,14-15H,2-4,8-9H2,1H3. The summed E-state index contributed by atoms with van der Waals surface area (Å²) >= 11 is 0. The van der Waals surface area contributed by atoms with E-state index in [4.69, 9.17) is 4.74 Å². The first-order valence-electron chi connectivity index (χ1n) is 6.41. The maximum absolute atomic E-state index is 11.9. The lowest BCUT2D eigenvalue weighted by Gasteiger charge is -2.12. The maximum Gasteiger partial charge on any atom is 0.232 e. The predicted molar refractivity (Wildman–Crippen MR) is 73.7 cm³/mol. The normalized spacial score (nSPS) is 15.3. The molecule has 5 nitrogen and oxygen atoms in total. The van der Waals surface area contributed by atoms with Gasteiger partial charge in [-0.3, -0.25) is 4.72 Å². The molecule has 1 saturated carbocycles. The summed E-state index contributed by atoms with van der Waals surface area (Å²) in [6, 6.07) is 4.92. The van der Waals surface area contributed by atoms with Gasteiger partial charge in [-0.1, -0.05) is 0 Å². The summed E-state index contributed by atoms with van der Waals surface area (Å²) in [5.74, 6) is 1.06. The Bertz CT molecular complexity index is 538. The first-order valence-corrected chi connectivity index (χ1v) is 8.06. The molecule has 1 fully saturated rings. The minimum Gasteiger partial charge on any atom is -0.494 e. The van der Waals surface area contributed by atoms with Crippen LogP contribution in [-0.4, -0.2) is 25.9 Å². The van der Waals surface area contributed by atoms with E-state index in [0.29, 0.717) is 29.5 Å². The summed E-state index contributed by atoms with van der Waals surface area (Å²) in [4.78, 5) is 0. The molecule has 6 heteroatoms. The zero-order valence-electron chi connectivity index (χ0n) is 10.9. The van der Waals surface area contributed by atoms with Gasteiger partial charge >= 0.3 is 0 Å². The first-order chi connectivity index (χ1) is 9.04. The number of hydrogen-bond acceptors (Lipinski definition) is 4. The highest BCUT2D eigenvalue weighted by atomic mass is 32.2. The lowest BCUT2D eigenvalue weighted by Crippen LogP contribution is -2.18. The largest absolute Gasteiger partial charge is 0.494 e. The number of hydrogen-bond donors (Lipinski definition) is 2. The molecule has 0 aliphatic heterocycles. The van der Waals surface area contributed by atoms with E-state index < -0.39 is 10.0 Å². The third-order valence-electron chi connectivity index (χ3n) is 2.96. The minimum atomic E-state index is -3.29. The van der Waals surface area contributed by atoms with Gasteiger partial charge in [0.25, 0.3) is 0 Å². The Kier molecular flexibility index (Phi) is 4.31. The third kappa shape index (κ3) is 4.11. The number of aliphatic hydroxyl groups excluding tert-OH is 1. The quantitative estimate of drug-likeness (QED) is 0.800. The van der Waals surface area contributed by atoms with Crippen molar-refractivity contribution in [3.8, 4) is 5.75 Å². The molecule has 2 N–H and O–H groups in total. The van der Waals surface area contributed by atoms with Crippen molar-refractivity contribution in [1.82, 2.24) is 0 Å². The van der Waals surface area contributed by atoms with Crippen LogP contribution in [-0.2, 0) is 16.6 Å². The van der Waals surface area contributed by atoms with E-state index in [9.17, 15) is 13.5 Å². The summed E-state index contributed by atoms with van der Waals surface area (Å²) in [6.07, 6.45) is 1.98. The molecule has 0 spiro atoms. The number of rotatable bonds is 7. The van der Waals surface area contributed by atoms with Crippen molar-refractivity contribution in [3.63, 3.8) is 0 Å². The molecule has 1 aliphatic rings. The fraction of sp³-hybridized carbons (Fsp3) is 0.538. The van der Waals surface area contributed by atoms with Crippen molar-refractivity contribution >= 4 is 15.7 Å². The van der Waals surface area contributed by atoms with Gasteiger partial charge < -0.3 is 9.84 Å². The van der Waals surface area contributed by atoms with Gasteiger partial charge in [-0.25, -0.2) is 8.42 Å². The highest BCUT2D eigenvalue weighted by Crippen LogP contribution is 2.31. The first kappa shape index (κ1) is 14.1. The average molecular weight is 285 g/mol. The third-order valence-corrected chi connectivity index (χ3v) is 4.41. The van der Waals surface area contributed by atoms with Crippen LogP contribution in [0, 0.1) is 5.92 Å². The van der Waals surface area contributed by atoms with Gasteiger partial charge in [-0.2, -0.15) is 0 Å². The van der Waals surface area contributed by atoms with Crippen LogP contribution in [0.1, 0.15) is 25.3 Å². The van der Waals surface area contributed by atoms with E-state index in [-0.39, 0.29) is 12.4 Å². The van der Waals surface area contributed by atoms with Crippen molar-refractivity contribution in [2.45, 2.75) is 26.4 Å². The van der Waals surface area contributed by atoms with E-state index in [1.807, 2.05) is 6.92 Å². The lowest BCUT2D eigenvalue weighted by atomic mass is 10.2. The molecule has 0 bridgehead atoms. The van der Waals surface area contributed by atoms with E-state index in [2.05, 4.69) is 4.72 Å². The molecule has 1 aromatic carbocycles. The highest BCUT2D eigenvalue weighted by Gasteiger charge is 2.28. The molecule has 19 heavy (non-hydrogen) atoms. The Balaban J connectivity index is 2.11. The smallest absolute Gasteiger partial charge is 0.232 e. The Morgan fingerprint density at radius 1 is 1.42 bits per heavy atom. The van der Waals surface area contributed by atoms with Crippen LogP contribution in [0.5, 0.6) is 5.75 Å². The average Bonchev–Trinajstić information content (AvgIpc) is 3.14. The zero-order valence-corrected chi connectivity index (χ0v) is 11.7. The Hall–Kier alpha value is -1.27. The number of aliphatic hydroxyl groups is 1. The number of sulfonamides is 1. The molecular formula is C13H19NO4S. The zero-order chi connectivity index (χ0) is 13.9. The fourth-order valence-electron chi connectivity index (χ4n) is 1.88. The number of nitrogens with one attached hydrogen (secondary N) is 1. The second-order valence-electron chi connectivity index (χ2n) is 4.74. The van der Waals surface area contributed by atoms with Crippen LogP contribution in [0.2, 0.25) is 0 Å². The molecule has 1 aromatic rings. The number of anilines is 1. The minimum absolute atomic E-state index is 0.175. The van der Waals surface area contributed by atoms with E-state index in [0.717, 1.165) is 12.8 Å². The second kappa shape index (κ2) is 5.79. The van der Waals surface area contributed by atoms with Gasteiger partial charge in [0, 0.05) is 11.3 Å². The van der Waals surface area contributed by atoms with Gasteiger partial charge in [-0.15, -0.1) is 0 Å². The van der Waals surface area contributed by atoms with Crippen molar-refractivity contribution in [3.05, 3.63) is 23.8 Å². The maximum atomic E-state index is 11.9. The van der Waals surface area contributed by atoms with Crippen LogP contribution >= 0.6 is 0 Å². The summed E-state index contributed by atoms with van der Waals surface area (Å²) in [5.41, 5.74) is 1.04. The van der Waals surface area contributed by atoms with Crippen molar-refractivity contribution < 1.29 is 18.3 Å². The summed E-state index contributed by atoms with van der Waals surface area (Å²) in [6.45, 7) is 2.17. The number of ether oxygens (including phenoxy) is 1. The summed E-state index contributed by atoms with van der Waals surface area (Å²) < 4.78 is 31.6. The monoisotopic (exact) mass is 285 g/mol. The molecule has 1 aliphatic carbocycles. The molecule has 0 atom stereocenters. The molecular weight excluding hydrogens is 266 g/mol. The molecule has 0 aromatic heterocycles. The van der Waals surface area contributed by atoms with Crippen LogP contribution < -0.4 is 9.46 Å². The molecule has 0 saturated heterocycles. The fourth-order valence-corrected chi connectivity index (χ4v) is 3.40. The van der Waals surface area contributed by atoms with E-state index >= 15 is 0 Å². The highest BCUT2D eigenvalue weighted by molar-refractivity contribution is 7.92. The van der Waals surface area contributed by atoms with E-state index in [1.54, 1.807) is 18.2 Å². The number of benzene rings is 1. The predicted octanol–water partition coefficient (Wildman–Crippen LogP) is 1.73. The van der Waals surface area contributed by atoms with E-state index in [1.165, 1.54) is 0 Å². The summed E-state index contributed by atoms with van der Waals surface area (Å²) in [7, 11) is -3.29. The second-order valence-corrected chi connectivity index (χ2v) is 6.51. The van der Waals surface area contributed by atoms with Crippen molar-refractivity contribution in [2.75, 3.05) is 17.1 Å². The van der Waals surface area contributed by atoms with Gasteiger partial charge in [0.2, 0.25) is 10.0 Å². The van der Waals surface area contributed by atoms with Crippen LogP contribution in [0.4, 0.5) is 5.69 Å². The molecule has 0 heterocycles. The van der Waals surface area contributed by atoms with Gasteiger partial charge in [-0.05, 0) is 43.9 Å². The van der Waals surface area contributed by atoms with Crippen LogP contribution in [0.15, 0.2) is 18.2 Å². The molecule has 106 valence electrons. The molecule has 0 unspecified atom stereocenters. The van der Waals surface area contributed by atoms with Crippen molar-refractivity contribution in [1.29, 1.82) is 0 Å². The lowest BCUT2D eigenvalue weighted by molar-refractivity contribution is 0.267.